The lowest BCUT2D eigenvalue weighted by Crippen LogP contribution is -2.45. The minimum absolute atomic E-state index is 0.306. The number of carboxylic acids is 1. The molecule has 7 nitrogen and oxygen atoms in total. The van der Waals surface area contributed by atoms with Crippen molar-refractivity contribution in [3.05, 3.63) is 18.0 Å². The fourth-order valence-electron chi connectivity index (χ4n) is 1.32. The van der Waals surface area contributed by atoms with Crippen molar-refractivity contribution in [3.63, 3.8) is 0 Å². The second kappa shape index (κ2) is 6.04. The number of carboxylic acid groups (broad SMARTS) is 1. The Labute approximate surface area is 105 Å². The highest BCUT2D eigenvalue weighted by Gasteiger charge is 2.20. The van der Waals surface area contributed by atoms with Gasteiger partial charge in [-0.1, -0.05) is 0 Å². The normalized spacial score (nSPS) is 13.7. The molecule has 18 heavy (non-hydrogen) atoms. The van der Waals surface area contributed by atoms with E-state index in [0.717, 1.165) is 5.69 Å². The monoisotopic (exact) mass is 254 g/mol. The molecular formula is C11H18N4O3. The van der Waals surface area contributed by atoms with Gasteiger partial charge >= 0.3 is 12.0 Å². The number of carbonyl (C=O) groups is 2. The highest BCUT2D eigenvalue weighted by Crippen LogP contribution is 2.02. The molecule has 0 aliphatic heterocycles. The lowest BCUT2D eigenvalue weighted by Gasteiger charge is -2.17. The van der Waals surface area contributed by atoms with E-state index in [1.54, 1.807) is 37.8 Å². The number of aromatic nitrogens is 2. The molecular weight excluding hydrogens is 236 g/mol. The van der Waals surface area contributed by atoms with Crippen LogP contribution in [0.4, 0.5) is 4.79 Å². The smallest absolute Gasteiger partial charge is 0.315 e. The molecule has 1 aromatic rings. The van der Waals surface area contributed by atoms with Crippen LogP contribution in [0, 0.1) is 5.92 Å². The maximum absolute atomic E-state index is 11.5. The molecule has 3 N–H and O–H groups in total. The van der Waals surface area contributed by atoms with Gasteiger partial charge in [0.1, 0.15) is 0 Å². The van der Waals surface area contributed by atoms with Crippen LogP contribution in [0.15, 0.2) is 12.3 Å². The Kier molecular flexibility index (Phi) is 4.70. The third-order valence-electron chi connectivity index (χ3n) is 2.70. The topological polar surface area (TPSA) is 96.3 Å². The molecule has 0 aliphatic carbocycles. The van der Waals surface area contributed by atoms with Gasteiger partial charge in [0, 0.05) is 19.3 Å². The Morgan fingerprint density at radius 1 is 1.50 bits per heavy atom. The fourth-order valence-corrected chi connectivity index (χ4v) is 1.32. The highest BCUT2D eigenvalue weighted by molar-refractivity contribution is 5.76. The van der Waals surface area contributed by atoms with Crippen molar-refractivity contribution in [1.29, 1.82) is 0 Å². The number of rotatable bonds is 5. The zero-order chi connectivity index (χ0) is 13.7. The molecule has 7 heteroatoms. The van der Waals surface area contributed by atoms with Crippen LogP contribution in [0.2, 0.25) is 0 Å². The van der Waals surface area contributed by atoms with Gasteiger partial charge in [-0.3, -0.25) is 9.48 Å². The van der Waals surface area contributed by atoms with E-state index in [1.165, 1.54) is 0 Å². The van der Waals surface area contributed by atoms with Crippen LogP contribution in [0.3, 0.4) is 0 Å². The molecule has 0 spiro atoms. The Morgan fingerprint density at radius 2 is 2.17 bits per heavy atom. The van der Waals surface area contributed by atoms with Gasteiger partial charge in [-0.2, -0.15) is 5.10 Å². The number of nitrogens with one attached hydrogen (secondary N) is 2. The molecule has 0 saturated carbocycles. The maximum atomic E-state index is 11.5. The summed E-state index contributed by atoms with van der Waals surface area (Å²) in [6.07, 6.45) is 1.78. The first kappa shape index (κ1) is 14.0. The highest BCUT2D eigenvalue weighted by atomic mass is 16.4. The molecule has 100 valence electrons. The Balaban J connectivity index is 2.35. The Hall–Kier alpha value is -2.05. The predicted octanol–water partition coefficient (Wildman–Crippen LogP) is 0.328. The predicted molar refractivity (Wildman–Crippen MR) is 64.8 cm³/mol. The number of urea groups is 1. The van der Waals surface area contributed by atoms with Gasteiger partial charge in [0.05, 0.1) is 18.2 Å². The van der Waals surface area contributed by atoms with Crippen LogP contribution in [0.1, 0.15) is 19.5 Å². The SMILES string of the molecule is CC(NC(=O)NCc1ccn(C)n1)C(C)C(=O)O. The molecule has 2 amide bonds. The zero-order valence-electron chi connectivity index (χ0n) is 10.7. The van der Waals surface area contributed by atoms with Crippen LogP contribution in [-0.2, 0) is 18.4 Å². The fraction of sp³-hybridized carbons (Fsp3) is 0.545. The van der Waals surface area contributed by atoms with Crippen molar-refractivity contribution in [2.45, 2.75) is 26.4 Å². The van der Waals surface area contributed by atoms with E-state index >= 15 is 0 Å². The molecule has 0 saturated heterocycles. The van der Waals surface area contributed by atoms with Gasteiger partial charge in [0.2, 0.25) is 0 Å². The van der Waals surface area contributed by atoms with Gasteiger partial charge in [-0.15, -0.1) is 0 Å². The van der Waals surface area contributed by atoms with Crippen molar-refractivity contribution in [3.8, 4) is 0 Å². The number of nitrogens with zero attached hydrogens (tertiary/aromatic N) is 2. The lowest BCUT2D eigenvalue weighted by molar-refractivity contribution is -0.141. The largest absolute Gasteiger partial charge is 0.481 e. The van der Waals surface area contributed by atoms with Gasteiger partial charge < -0.3 is 15.7 Å². The first-order valence-corrected chi connectivity index (χ1v) is 5.66. The number of hydrogen-bond acceptors (Lipinski definition) is 3. The molecule has 0 aromatic carbocycles. The number of amides is 2. The second-order valence-corrected chi connectivity index (χ2v) is 4.22. The molecule has 0 radical (unpaired) electrons. The molecule has 2 atom stereocenters. The number of aliphatic carboxylic acids is 1. The summed E-state index contributed by atoms with van der Waals surface area (Å²) < 4.78 is 1.64. The maximum Gasteiger partial charge on any atom is 0.315 e. The third kappa shape index (κ3) is 4.08. The summed E-state index contributed by atoms with van der Waals surface area (Å²) in [6.45, 7) is 3.51. The van der Waals surface area contributed by atoms with Crippen molar-refractivity contribution >= 4 is 12.0 Å². The summed E-state index contributed by atoms with van der Waals surface area (Å²) in [7, 11) is 1.79. The number of aryl methyl sites for hydroxylation is 1. The summed E-state index contributed by atoms with van der Waals surface area (Å²) >= 11 is 0. The molecule has 0 bridgehead atoms. The first-order valence-electron chi connectivity index (χ1n) is 5.66. The van der Waals surface area contributed by atoms with Gasteiger partial charge in [-0.05, 0) is 19.9 Å². The Morgan fingerprint density at radius 3 is 2.67 bits per heavy atom. The molecule has 0 aliphatic rings. The van der Waals surface area contributed by atoms with Crippen LogP contribution >= 0.6 is 0 Å². The van der Waals surface area contributed by atoms with E-state index in [2.05, 4.69) is 15.7 Å². The average molecular weight is 254 g/mol. The van der Waals surface area contributed by atoms with Crippen LogP contribution in [0.25, 0.3) is 0 Å². The second-order valence-electron chi connectivity index (χ2n) is 4.22. The van der Waals surface area contributed by atoms with Gasteiger partial charge in [-0.25, -0.2) is 4.79 Å². The molecule has 1 rings (SSSR count). The van der Waals surface area contributed by atoms with E-state index in [9.17, 15) is 9.59 Å². The minimum atomic E-state index is -0.937. The van der Waals surface area contributed by atoms with Crippen molar-refractivity contribution < 1.29 is 14.7 Å². The van der Waals surface area contributed by atoms with E-state index in [-0.39, 0.29) is 0 Å². The van der Waals surface area contributed by atoms with E-state index in [1.807, 2.05) is 0 Å². The van der Waals surface area contributed by atoms with E-state index < -0.39 is 24.0 Å². The Bertz CT molecular complexity index is 430. The standard InChI is InChI=1S/C11H18N4O3/c1-7(10(16)17)8(2)13-11(18)12-6-9-4-5-15(3)14-9/h4-5,7-8H,6H2,1-3H3,(H,16,17)(H2,12,13,18). The van der Waals surface area contributed by atoms with Crippen LogP contribution < -0.4 is 10.6 Å². The summed E-state index contributed by atoms with van der Waals surface area (Å²) in [5.74, 6) is -1.57. The summed E-state index contributed by atoms with van der Waals surface area (Å²) in [6, 6.07) is 0.955. The number of carbonyl (C=O) groups excluding carboxylic acids is 1. The number of hydrogen-bond donors (Lipinski definition) is 3. The van der Waals surface area contributed by atoms with E-state index in [4.69, 9.17) is 5.11 Å². The van der Waals surface area contributed by atoms with Crippen LogP contribution in [-0.4, -0.2) is 32.9 Å². The molecule has 0 fully saturated rings. The molecule has 1 aromatic heterocycles. The first-order chi connectivity index (χ1) is 8.40. The van der Waals surface area contributed by atoms with Crippen molar-refractivity contribution in [1.82, 2.24) is 20.4 Å². The quantitative estimate of drug-likeness (QED) is 0.705. The summed E-state index contributed by atoms with van der Waals surface area (Å²) in [5, 5.41) is 18.1. The molecule has 1 heterocycles. The van der Waals surface area contributed by atoms with Crippen molar-refractivity contribution in [2.24, 2.45) is 13.0 Å². The van der Waals surface area contributed by atoms with Crippen molar-refractivity contribution in [2.75, 3.05) is 0 Å². The van der Waals surface area contributed by atoms with Gasteiger partial charge in [0.15, 0.2) is 0 Å². The average Bonchev–Trinajstić information content (AvgIpc) is 2.71. The molecule has 2 unspecified atom stereocenters. The summed E-state index contributed by atoms with van der Waals surface area (Å²) in [5.41, 5.74) is 0.742. The van der Waals surface area contributed by atoms with E-state index in [0.29, 0.717) is 6.54 Å². The summed E-state index contributed by atoms with van der Waals surface area (Å²) in [4.78, 5) is 22.2. The lowest BCUT2D eigenvalue weighted by atomic mass is 10.0. The zero-order valence-corrected chi connectivity index (χ0v) is 10.7. The van der Waals surface area contributed by atoms with Gasteiger partial charge in [0.25, 0.3) is 0 Å². The minimum Gasteiger partial charge on any atom is -0.481 e. The van der Waals surface area contributed by atoms with Crippen LogP contribution in [0.5, 0.6) is 0 Å². The third-order valence-corrected chi connectivity index (χ3v) is 2.70.